The fourth-order valence-electron chi connectivity index (χ4n) is 2.08. The number of anilines is 1. The minimum Gasteiger partial charge on any atom is -0.369 e. The van der Waals surface area contributed by atoms with Gasteiger partial charge in [-0.3, -0.25) is 4.57 Å². The van der Waals surface area contributed by atoms with Crippen LogP contribution in [-0.2, 0) is 0 Å². The highest BCUT2D eigenvalue weighted by Gasteiger charge is 2.13. The summed E-state index contributed by atoms with van der Waals surface area (Å²) in [6, 6.07) is 12.4. The van der Waals surface area contributed by atoms with Crippen LogP contribution in [0.2, 0.25) is 10.0 Å². The number of imidazole rings is 1. The SMILES string of the molecule is N#Cc1ccc(-n2c(N)nc3cc(Cl)ccc32)c(Cl)c1. The smallest absolute Gasteiger partial charge is 0.205 e. The Morgan fingerprint density at radius 1 is 1.15 bits per heavy atom. The Hall–Kier alpha value is -2.22. The van der Waals surface area contributed by atoms with Crippen molar-refractivity contribution in [1.82, 2.24) is 9.55 Å². The Balaban J connectivity index is 2.30. The molecule has 0 bridgehead atoms. The van der Waals surface area contributed by atoms with Gasteiger partial charge in [-0.15, -0.1) is 0 Å². The molecular weight excluding hydrogens is 295 g/mol. The maximum absolute atomic E-state index is 8.87. The molecule has 0 amide bonds. The number of rotatable bonds is 1. The highest BCUT2D eigenvalue weighted by molar-refractivity contribution is 6.32. The van der Waals surface area contributed by atoms with Crippen molar-refractivity contribution in [3.05, 3.63) is 52.0 Å². The van der Waals surface area contributed by atoms with Gasteiger partial charge in [0.15, 0.2) is 0 Å². The first kappa shape index (κ1) is 12.8. The van der Waals surface area contributed by atoms with Crippen LogP contribution in [0.3, 0.4) is 0 Å². The van der Waals surface area contributed by atoms with Crippen LogP contribution >= 0.6 is 23.2 Å². The number of fused-ring (bicyclic) bond motifs is 1. The van der Waals surface area contributed by atoms with Crippen LogP contribution in [0.15, 0.2) is 36.4 Å². The monoisotopic (exact) mass is 302 g/mol. The third kappa shape index (κ3) is 1.97. The summed E-state index contributed by atoms with van der Waals surface area (Å²) in [5, 5.41) is 9.90. The summed E-state index contributed by atoms with van der Waals surface area (Å²) in [4.78, 5) is 4.27. The van der Waals surface area contributed by atoms with Crippen LogP contribution in [-0.4, -0.2) is 9.55 Å². The molecule has 0 aliphatic rings. The first-order valence-electron chi connectivity index (χ1n) is 5.73. The highest BCUT2D eigenvalue weighted by Crippen LogP contribution is 2.29. The number of nitrogens with two attached hydrogens (primary N) is 1. The fraction of sp³-hybridized carbons (Fsp3) is 0. The molecule has 3 rings (SSSR count). The maximum Gasteiger partial charge on any atom is 0.205 e. The highest BCUT2D eigenvalue weighted by atomic mass is 35.5. The summed E-state index contributed by atoms with van der Waals surface area (Å²) in [5.41, 5.74) is 8.62. The maximum atomic E-state index is 8.87. The predicted octanol–water partition coefficient (Wildman–Crippen LogP) is 3.79. The first-order valence-corrected chi connectivity index (χ1v) is 6.49. The number of nitrogens with zero attached hydrogens (tertiary/aromatic N) is 3. The summed E-state index contributed by atoms with van der Waals surface area (Å²) < 4.78 is 1.73. The molecular formula is C14H8Cl2N4. The number of hydrogen-bond acceptors (Lipinski definition) is 3. The fourth-order valence-corrected chi connectivity index (χ4v) is 2.51. The van der Waals surface area contributed by atoms with Crippen LogP contribution < -0.4 is 5.73 Å². The van der Waals surface area contributed by atoms with E-state index in [-0.39, 0.29) is 0 Å². The molecule has 0 fully saturated rings. The number of nitrogen functional groups attached to an aromatic ring is 1. The van der Waals surface area contributed by atoms with Crippen molar-refractivity contribution in [2.75, 3.05) is 5.73 Å². The lowest BCUT2D eigenvalue weighted by molar-refractivity contribution is 1.11. The van der Waals surface area contributed by atoms with Gasteiger partial charge in [0.05, 0.1) is 33.4 Å². The zero-order chi connectivity index (χ0) is 14.3. The Labute approximate surface area is 125 Å². The summed E-state index contributed by atoms with van der Waals surface area (Å²) in [5.74, 6) is 0.314. The van der Waals surface area contributed by atoms with Crippen LogP contribution in [0.1, 0.15) is 5.56 Å². The Morgan fingerprint density at radius 3 is 2.65 bits per heavy atom. The zero-order valence-corrected chi connectivity index (χ0v) is 11.7. The zero-order valence-electron chi connectivity index (χ0n) is 10.1. The Bertz CT molecular complexity index is 861. The minimum absolute atomic E-state index is 0.314. The molecule has 20 heavy (non-hydrogen) atoms. The van der Waals surface area contributed by atoms with Gasteiger partial charge in [-0.25, -0.2) is 4.98 Å². The molecule has 1 heterocycles. The minimum atomic E-state index is 0.314. The molecule has 0 unspecified atom stereocenters. The second-order valence-corrected chi connectivity index (χ2v) is 5.06. The van der Waals surface area contributed by atoms with Crippen molar-refractivity contribution in [1.29, 1.82) is 5.26 Å². The molecule has 1 aromatic heterocycles. The topological polar surface area (TPSA) is 67.6 Å². The molecule has 6 heteroatoms. The molecule has 0 saturated heterocycles. The lowest BCUT2D eigenvalue weighted by Gasteiger charge is -2.08. The van der Waals surface area contributed by atoms with Gasteiger partial charge < -0.3 is 5.73 Å². The van der Waals surface area contributed by atoms with Crippen LogP contribution in [0.4, 0.5) is 5.95 Å². The third-order valence-electron chi connectivity index (χ3n) is 2.96. The average Bonchev–Trinajstić information content (AvgIpc) is 2.73. The molecule has 98 valence electrons. The quantitative estimate of drug-likeness (QED) is 0.743. The molecule has 2 N–H and O–H groups in total. The molecule has 0 aliphatic heterocycles. The van der Waals surface area contributed by atoms with E-state index in [1.807, 2.05) is 12.1 Å². The van der Waals surface area contributed by atoms with Crippen molar-refractivity contribution in [3.63, 3.8) is 0 Å². The van der Waals surface area contributed by atoms with Crippen molar-refractivity contribution in [2.45, 2.75) is 0 Å². The molecule has 3 aromatic rings. The van der Waals surface area contributed by atoms with Gasteiger partial charge in [-0.2, -0.15) is 5.26 Å². The normalized spacial score (nSPS) is 10.7. The number of hydrogen-bond donors (Lipinski definition) is 1. The number of aromatic nitrogens is 2. The van der Waals surface area contributed by atoms with Gasteiger partial charge >= 0.3 is 0 Å². The van der Waals surface area contributed by atoms with E-state index in [1.54, 1.807) is 34.9 Å². The van der Waals surface area contributed by atoms with Crippen molar-refractivity contribution >= 4 is 40.2 Å². The van der Waals surface area contributed by atoms with Gasteiger partial charge in [-0.1, -0.05) is 23.2 Å². The number of halogens is 2. The van der Waals surface area contributed by atoms with E-state index in [9.17, 15) is 0 Å². The molecule has 0 radical (unpaired) electrons. The molecule has 0 atom stereocenters. The summed E-state index contributed by atoms with van der Waals surface area (Å²) in [6.45, 7) is 0. The van der Waals surface area contributed by atoms with E-state index in [4.69, 9.17) is 34.2 Å². The number of benzene rings is 2. The van der Waals surface area contributed by atoms with Crippen molar-refractivity contribution in [2.24, 2.45) is 0 Å². The van der Waals surface area contributed by atoms with Crippen molar-refractivity contribution in [3.8, 4) is 11.8 Å². The Morgan fingerprint density at radius 2 is 1.95 bits per heavy atom. The molecule has 0 spiro atoms. The Kier molecular flexibility index (Phi) is 3.01. The summed E-state index contributed by atoms with van der Waals surface area (Å²) in [6.07, 6.45) is 0. The van der Waals surface area contributed by atoms with E-state index in [0.29, 0.717) is 32.8 Å². The van der Waals surface area contributed by atoms with E-state index in [2.05, 4.69) is 4.98 Å². The van der Waals surface area contributed by atoms with E-state index in [1.165, 1.54) is 0 Å². The largest absolute Gasteiger partial charge is 0.369 e. The predicted molar refractivity (Wildman–Crippen MR) is 80.2 cm³/mol. The van der Waals surface area contributed by atoms with Gasteiger partial charge in [-0.05, 0) is 36.4 Å². The van der Waals surface area contributed by atoms with E-state index >= 15 is 0 Å². The van der Waals surface area contributed by atoms with Gasteiger partial charge in [0, 0.05) is 5.02 Å². The summed E-state index contributed by atoms with van der Waals surface area (Å²) >= 11 is 12.2. The third-order valence-corrected chi connectivity index (χ3v) is 3.50. The van der Waals surface area contributed by atoms with Crippen LogP contribution in [0, 0.1) is 11.3 Å². The molecule has 0 saturated carbocycles. The molecule has 4 nitrogen and oxygen atoms in total. The van der Waals surface area contributed by atoms with Gasteiger partial charge in [0.1, 0.15) is 0 Å². The standard InChI is InChI=1S/C14H8Cl2N4/c15-9-2-4-13-11(6-9)19-14(18)20(13)12-3-1-8(7-17)5-10(12)16/h1-6H,(H2,18,19). The van der Waals surface area contributed by atoms with Crippen LogP contribution in [0.25, 0.3) is 16.7 Å². The van der Waals surface area contributed by atoms with Gasteiger partial charge in [0.25, 0.3) is 0 Å². The van der Waals surface area contributed by atoms with Crippen LogP contribution in [0.5, 0.6) is 0 Å². The molecule has 0 aliphatic carbocycles. The van der Waals surface area contributed by atoms with E-state index < -0.39 is 0 Å². The lowest BCUT2D eigenvalue weighted by Crippen LogP contribution is -2.01. The van der Waals surface area contributed by atoms with Gasteiger partial charge in [0.2, 0.25) is 5.95 Å². The first-order chi connectivity index (χ1) is 9.60. The average molecular weight is 303 g/mol. The second-order valence-electron chi connectivity index (χ2n) is 4.22. The second kappa shape index (κ2) is 4.71. The lowest BCUT2D eigenvalue weighted by atomic mass is 10.2. The van der Waals surface area contributed by atoms with E-state index in [0.717, 1.165) is 5.52 Å². The number of nitriles is 1. The summed E-state index contributed by atoms with van der Waals surface area (Å²) in [7, 11) is 0. The molecule has 2 aromatic carbocycles. The van der Waals surface area contributed by atoms with Crippen molar-refractivity contribution < 1.29 is 0 Å².